The van der Waals surface area contributed by atoms with Gasteiger partial charge in [0.05, 0.1) is 0 Å². The van der Waals surface area contributed by atoms with E-state index in [9.17, 15) is 0 Å². The molecular weight excluding hydrogens is 218 g/mol. The van der Waals surface area contributed by atoms with E-state index in [-0.39, 0.29) is 0 Å². The largest absolute Gasteiger partial charge is 0.383 e. The van der Waals surface area contributed by atoms with Gasteiger partial charge in [-0.1, -0.05) is 12.1 Å². The van der Waals surface area contributed by atoms with Crippen molar-refractivity contribution in [2.75, 3.05) is 12.8 Å². The number of aromatic nitrogens is 1. The summed E-state index contributed by atoms with van der Waals surface area (Å²) in [6, 6.07) is 8.16. The van der Waals surface area contributed by atoms with Crippen LogP contribution in [-0.4, -0.2) is 16.9 Å². The maximum Gasteiger partial charge on any atom is 0.127 e. The molecule has 2 heterocycles. The molecule has 0 amide bonds. The number of hydrogen-bond donors (Lipinski definition) is 1. The number of nitrogen functional groups attached to an aromatic ring is 1. The van der Waals surface area contributed by atoms with Crippen LogP contribution in [0.2, 0.25) is 0 Å². The van der Waals surface area contributed by atoms with Gasteiger partial charge >= 0.3 is 0 Å². The monoisotopic (exact) mass is 233 g/mol. The SMILES string of the molecule is CN(Cc1cccs1)Cc1cccnc1N. The van der Waals surface area contributed by atoms with Crippen molar-refractivity contribution in [2.24, 2.45) is 0 Å². The van der Waals surface area contributed by atoms with Crippen molar-refractivity contribution < 1.29 is 0 Å². The Kier molecular flexibility index (Phi) is 3.54. The zero-order valence-electron chi connectivity index (χ0n) is 9.26. The molecular formula is C12H15N3S. The lowest BCUT2D eigenvalue weighted by molar-refractivity contribution is 0.322. The second-order valence-electron chi connectivity index (χ2n) is 3.80. The fourth-order valence-corrected chi connectivity index (χ4v) is 2.38. The third kappa shape index (κ3) is 2.81. The van der Waals surface area contributed by atoms with E-state index in [0.717, 1.165) is 18.7 Å². The van der Waals surface area contributed by atoms with Crippen molar-refractivity contribution in [2.45, 2.75) is 13.1 Å². The van der Waals surface area contributed by atoms with Crippen LogP contribution in [0.5, 0.6) is 0 Å². The Morgan fingerprint density at radius 3 is 2.88 bits per heavy atom. The molecule has 2 aromatic heterocycles. The molecule has 0 spiro atoms. The molecule has 16 heavy (non-hydrogen) atoms. The topological polar surface area (TPSA) is 42.2 Å². The van der Waals surface area contributed by atoms with Crippen LogP contribution in [0.25, 0.3) is 0 Å². The molecule has 0 radical (unpaired) electrons. The average molecular weight is 233 g/mol. The van der Waals surface area contributed by atoms with Crippen LogP contribution in [0.15, 0.2) is 35.8 Å². The molecule has 0 aliphatic heterocycles. The zero-order valence-corrected chi connectivity index (χ0v) is 10.1. The first-order valence-electron chi connectivity index (χ1n) is 5.16. The first kappa shape index (κ1) is 11.1. The summed E-state index contributed by atoms with van der Waals surface area (Å²) in [5.74, 6) is 0.625. The van der Waals surface area contributed by atoms with Gasteiger partial charge in [0, 0.05) is 29.7 Å². The minimum Gasteiger partial charge on any atom is -0.383 e. The molecule has 4 heteroatoms. The normalized spacial score (nSPS) is 10.9. The van der Waals surface area contributed by atoms with E-state index in [0.29, 0.717) is 5.82 Å². The smallest absolute Gasteiger partial charge is 0.127 e. The second-order valence-corrected chi connectivity index (χ2v) is 4.83. The lowest BCUT2D eigenvalue weighted by atomic mass is 10.2. The summed E-state index contributed by atoms with van der Waals surface area (Å²) >= 11 is 1.78. The van der Waals surface area contributed by atoms with Crippen molar-refractivity contribution in [3.8, 4) is 0 Å². The summed E-state index contributed by atoms with van der Waals surface area (Å²) in [4.78, 5) is 7.68. The van der Waals surface area contributed by atoms with Gasteiger partial charge in [0.15, 0.2) is 0 Å². The fourth-order valence-electron chi connectivity index (χ4n) is 1.60. The first-order valence-corrected chi connectivity index (χ1v) is 6.04. The van der Waals surface area contributed by atoms with E-state index in [1.54, 1.807) is 17.5 Å². The summed E-state index contributed by atoms with van der Waals surface area (Å²) in [6.07, 6.45) is 1.72. The van der Waals surface area contributed by atoms with Gasteiger partial charge in [-0.25, -0.2) is 4.98 Å². The number of nitrogens with zero attached hydrogens (tertiary/aromatic N) is 2. The molecule has 0 unspecified atom stereocenters. The quantitative estimate of drug-likeness (QED) is 0.881. The Balaban J connectivity index is 1.97. The van der Waals surface area contributed by atoms with Gasteiger partial charge in [0.2, 0.25) is 0 Å². The Labute approximate surface area is 99.5 Å². The Morgan fingerprint density at radius 2 is 2.19 bits per heavy atom. The molecule has 0 aliphatic carbocycles. The zero-order chi connectivity index (χ0) is 11.4. The number of hydrogen-bond acceptors (Lipinski definition) is 4. The van der Waals surface area contributed by atoms with Crippen molar-refractivity contribution in [3.05, 3.63) is 46.3 Å². The first-order chi connectivity index (χ1) is 7.75. The molecule has 2 rings (SSSR count). The Bertz CT molecular complexity index is 439. The third-order valence-corrected chi connectivity index (χ3v) is 3.23. The van der Waals surface area contributed by atoms with Crippen LogP contribution >= 0.6 is 11.3 Å². The van der Waals surface area contributed by atoms with Gasteiger partial charge < -0.3 is 5.73 Å². The minimum absolute atomic E-state index is 0.625. The van der Waals surface area contributed by atoms with Gasteiger partial charge in [0.25, 0.3) is 0 Å². The number of nitrogens with two attached hydrogens (primary N) is 1. The molecule has 0 saturated carbocycles. The molecule has 2 N–H and O–H groups in total. The maximum atomic E-state index is 5.81. The van der Waals surface area contributed by atoms with Crippen LogP contribution in [-0.2, 0) is 13.1 Å². The molecule has 0 bridgehead atoms. The predicted octanol–water partition coefficient (Wildman–Crippen LogP) is 2.36. The van der Waals surface area contributed by atoms with E-state index < -0.39 is 0 Å². The van der Waals surface area contributed by atoms with Crippen LogP contribution in [0.3, 0.4) is 0 Å². The average Bonchev–Trinajstić information content (AvgIpc) is 2.74. The molecule has 0 aliphatic rings. The van der Waals surface area contributed by atoms with Crippen molar-refractivity contribution in [3.63, 3.8) is 0 Å². The highest BCUT2D eigenvalue weighted by Gasteiger charge is 2.05. The highest BCUT2D eigenvalue weighted by atomic mass is 32.1. The summed E-state index contributed by atoms with van der Waals surface area (Å²) in [5.41, 5.74) is 6.89. The van der Waals surface area contributed by atoms with Crippen molar-refractivity contribution in [1.29, 1.82) is 0 Å². The lowest BCUT2D eigenvalue weighted by Gasteiger charge is -2.16. The number of anilines is 1. The van der Waals surface area contributed by atoms with Gasteiger partial charge in [-0.05, 0) is 24.6 Å². The molecule has 0 saturated heterocycles. The summed E-state index contributed by atoms with van der Waals surface area (Å²) < 4.78 is 0. The molecule has 2 aromatic rings. The third-order valence-electron chi connectivity index (χ3n) is 2.37. The minimum atomic E-state index is 0.625. The van der Waals surface area contributed by atoms with Gasteiger partial charge in [-0.2, -0.15) is 0 Å². The van der Waals surface area contributed by atoms with Crippen LogP contribution < -0.4 is 5.73 Å². The van der Waals surface area contributed by atoms with Crippen LogP contribution in [0.4, 0.5) is 5.82 Å². The second kappa shape index (κ2) is 5.09. The van der Waals surface area contributed by atoms with Gasteiger partial charge in [-0.15, -0.1) is 11.3 Å². The van der Waals surface area contributed by atoms with E-state index in [4.69, 9.17) is 5.73 Å². The summed E-state index contributed by atoms with van der Waals surface area (Å²) in [6.45, 7) is 1.78. The fraction of sp³-hybridized carbons (Fsp3) is 0.250. The number of pyridine rings is 1. The van der Waals surface area contributed by atoms with Crippen molar-refractivity contribution >= 4 is 17.2 Å². The molecule has 84 valence electrons. The number of thiophene rings is 1. The highest BCUT2D eigenvalue weighted by Crippen LogP contribution is 2.14. The van der Waals surface area contributed by atoms with Crippen molar-refractivity contribution in [1.82, 2.24) is 9.88 Å². The van der Waals surface area contributed by atoms with E-state index in [2.05, 4.69) is 34.4 Å². The van der Waals surface area contributed by atoms with Gasteiger partial charge in [0.1, 0.15) is 5.82 Å². The van der Waals surface area contributed by atoms with E-state index in [1.807, 2.05) is 12.1 Å². The standard InChI is InChI=1S/C12H15N3S/c1-15(9-11-5-3-7-16-11)8-10-4-2-6-14-12(10)13/h2-7H,8-9H2,1H3,(H2,13,14). The van der Waals surface area contributed by atoms with E-state index >= 15 is 0 Å². The lowest BCUT2D eigenvalue weighted by Crippen LogP contribution is -2.17. The predicted molar refractivity (Wildman–Crippen MR) is 68.1 cm³/mol. The summed E-state index contributed by atoms with van der Waals surface area (Å²) in [5, 5.41) is 2.10. The Morgan fingerprint density at radius 1 is 1.31 bits per heavy atom. The van der Waals surface area contributed by atoms with E-state index in [1.165, 1.54) is 4.88 Å². The molecule has 0 fully saturated rings. The molecule has 0 atom stereocenters. The molecule has 0 aromatic carbocycles. The Hall–Kier alpha value is -1.39. The molecule has 3 nitrogen and oxygen atoms in total. The van der Waals surface area contributed by atoms with Crippen LogP contribution in [0.1, 0.15) is 10.4 Å². The maximum absolute atomic E-state index is 5.81. The highest BCUT2D eigenvalue weighted by molar-refractivity contribution is 7.09. The van der Waals surface area contributed by atoms with Gasteiger partial charge in [-0.3, -0.25) is 4.90 Å². The van der Waals surface area contributed by atoms with Crippen LogP contribution in [0, 0.1) is 0 Å². The number of rotatable bonds is 4. The summed E-state index contributed by atoms with van der Waals surface area (Å²) in [7, 11) is 2.09.